The van der Waals surface area contributed by atoms with Gasteiger partial charge in [-0.25, -0.2) is 0 Å². The summed E-state index contributed by atoms with van der Waals surface area (Å²) in [6.07, 6.45) is 6.29. The van der Waals surface area contributed by atoms with Crippen LogP contribution in [-0.2, 0) is 4.79 Å². The molecule has 0 aromatic carbocycles. The molecule has 0 aromatic rings. The Balaban J connectivity index is 1.98. The molecule has 0 atom stereocenters. The Kier molecular flexibility index (Phi) is 2.05. The fourth-order valence-electron chi connectivity index (χ4n) is 4.19. The zero-order valence-electron chi connectivity index (χ0n) is 8.01. The number of rotatable bonds is 1. The summed E-state index contributed by atoms with van der Waals surface area (Å²) in [5.41, 5.74) is 0. The summed E-state index contributed by atoms with van der Waals surface area (Å²) >= 11 is 9.45. The molecule has 0 spiro atoms. The number of alkyl halides is 1. The van der Waals surface area contributed by atoms with Gasteiger partial charge in [-0.2, -0.15) is 0 Å². The molecule has 4 fully saturated rings. The van der Waals surface area contributed by atoms with Crippen molar-refractivity contribution in [1.29, 1.82) is 0 Å². The summed E-state index contributed by atoms with van der Waals surface area (Å²) in [6, 6.07) is 0. The molecule has 0 amide bonds. The van der Waals surface area contributed by atoms with Crippen molar-refractivity contribution in [1.82, 2.24) is 0 Å². The van der Waals surface area contributed by atoms with Crippen LogP contribution in [0.15, 0.2) is 0 Å². The van der Waals surface area contributed by atoms with Crippen LogP contribution in [0.5, 0.6) is 0 Å². The van der Waals surface area contributed by atoms with Crippen molar-refractivity contribution in [3.63, 3.8) is 0 Å². The second-order valence-corrected chi connectivity index (χ2v) is 7.00. The Morgan fingerprint density at radius 2 is 1.50 bits per heavy atom. The van der Waals surface area contributed by atoms with E-state index in [1.54, 1.807) is 0 Å². The van der Waals surface area contributed by atoms with Gasteiger partial charge in [0, 0.05) is 0 Å². The van der Waals surface area contributed by atoms with E-state index in [1.165, 1.54) is 32.1 Å². The molecule has 0 heterocycles. The van der Waals surface area contributed by atoms with Gasteiger partial charge in [0.15, 0.2) is 0 Å². The maximum absolute atomic E-state index is 11.6. The van der Waals surface area contributed by atoms with Crippen LogP contribution in [0.2, 0.25) is 0 Å². The van der Waals surface area contributed by atoms with Crippen molar-refractivity contribution >= 4 is 32.8 Å². The van der Waals surface area contributed by atoms with Gasteiger partial charge >= 0.3 is 0 Å². The van der Waals surface area contributed by atoms with Gasteiger partial charge < -0.3 is 0 Å². The molecule has 4 saturated carbocycles. The molecule has 0 unspecified atom stereocenters. The van der Waals surface area contributed by atoms with E-state index in [1.807, 2.05) is 0 Å². The fourth-order valence-corrected chi connectivity index (χ4v) is 5.25. The van der Waals surface area contributed by atoms with Crippen LogP contribution in [0.25, 0.3) is 0 Å². The van der Waals surface area contributed by atoms with Crippen molar-refractivity contribution < 1.29 is 4.79 Å². The maximum atomic E-state index is 11.6. The van der Waals surface area contributed by atoms with Gasteiger partial charge in [0.25, 0.3) is 0 Å². The van der Waals surface area contributed by atoms with E-state index in [0.29, 0.717) is 11.8 Å². The third-order valence-electron chi connectivity index (χ3n) is 4.63. The van der Waals surface area contributed by atoms with Crippen molar-refractivity contribution in [2.24, 2.45) is 23.7 Å². The molecule has 4 aliphatic carbocycles. The van der Waals surface area contributed by atoms with Gasteiger partial charge in [0.2, 0.25) is 5.24 Å². The predicted molar refractivity (Wildman–Crippen MR) is 59.6 cm³/mol. The predicted octanol–water partition coefficient (Wildman–Crippen LogP) is 3.34. The number of hydrogen-bond donors (Lipinski definition) is 0. The number of carbonyl (C=O) groups excluding carboxylic acids is 1. The number of halogens is 2. The Hall–Kier alpha value is 0.440. The van der Waals surface area contributed by atoms with Crippen LogP contribution in [0.4, 0.5) is 0 Å². The molecule has 1 nitrogen and oxygen atoms in total. The molecule has 78 valence electrons. The first-order chi connectivity index (χ1) is 6.60. The van der Waals surface area contributed by atoms with Crippen molar-refractivity contribution in [3.05, 3.63) is 0 Å². The molecule has 4 bridgehead atoms. The SMILES string of the molecule is O=C(Cl)C1(Br)C2CC3CC(C2)CC1C3. The molecule has 0 saturated heterocycles. The molecule has 0 aromatic heterocycles. The lowest BCUT2D eigenvalue weighted by Crippen LogP contribution is -2.56. The highest BCUT2D eigenvalue weighted by molar-refractivity contribution is 9.10. The summed E-state index contributed by atoms with van der Waals surface area (Å²) in [6.45, 7) is 0. The second kappa shape index (κ2) is 2.98. The molecule has 0 radical (unpaired) electrons. The topological polar surface area (TPSA) is 17.1 Å². The van der Waals surface area contributed by atoms with Crippen molar-refractivity contribution in [3.8, 4) is 0 Å². The van der Waals surface area contributed by atoms with Crippen LogP contribution in [-0.4, -0.2) is 9.57 Å². The third-order valence-corrected chi connectivity index (χ3v) is 6.82. The Morgan fingerprint density at radius 3 is 1.86 bits per heavy atom. The van der Waals surface area contributed by atoms with E-state index in [9.17, 15) is 4.79 Å². The first-order valence-corrected chi connectivity index (χ1v) is 6.66. The van der Waals surface area contributed by atoms with Crippen LogP contribution < -0.4 is 0 Å². The summed E-state index contributed by atoms with van der Waals surface area (Å²) < 4.78 is -0.359. The smallest absolute Gasteiger partial charge is 0.238 e. The quantitative estimate of drug-likeness (QED) is 0.531. The number of hydrogen-bond acceptors (Lipinski definition) is 1. The highest BCUT2D eigenvalue weighted by Gasteiger charge is 2.59. The summed E-state index contributed by atoms with van der Waals surface area (Å²) in [5, 5.41) is -0.147. The zero-order valence-corrected chi connectivity index (χ0v) is 10.4. The van der Waals surface area contributed by atoms with E-state index in [4.69, 9.17) is 11.6 Å². The van der Waals surface area contributed by atoms with Gasteiger partial charge in [0.1, 0.15) is 4.32 Å². The molecule has 4 aliphatic rings. The van der Waals surface area contributed by atoms with Crippen molar-refractivity contribution in [2.75, 3.05) is 0 Å². The molecule has 4 rings (SSSR count). The largest absolute Gasteiger partial charge is 0.280 e. The lowest BCUT2D eigenvalue weighted by atomic mass is 9.52. The Labute approximate surface area is 97.7 Å². The minimum Gasteiger partial charge on any atom is -0.280 e. The lowest BCUT2D eigenvalue weighted by Gasteiger charge is -2.57. The van der Waals surface area contributed by atoms with Gasteiger partial charge in [-0.05, 0) is 67.4 Å². The van der Waals surface area contributed by atoms with E-state index >= 15 is 0 Å². The summed E-state index contributed by atoms with van der Waals surface area (Å²) in [7, 11) is 0. The Bertz CT molecular complexity index is 261. The molecular formula is C11H14BrClO. The monoisotopic (exact) mass is 276 g/mol. The van der Waals surface area contributed by atoms with Gasteiger partial charge in [-0.3, -0.25) is 4.79 Å². The van der Waals surface area contributed by atoms with Gasteiger partial charge in [-0.15, -0.1) is 0 Å². The van der Waals surface area contributed by atoms with Gasteiger partial charge in [-0.1, -0.05) is 15.9 Å². The Morgan fingerprint density at radius 1 is 1.07 bits per heavy atom. The minimum atomic E-state index is -0.359. The average Bonchev–Trinajstić information content (AvgIpc) is 2.12. The standard InChI is InChI=1S/C11H14BrClO/c12-11(10(13)14)8-2-6-1-7(4-8)5-9(11)3-6/h6-9H,1-5H2. The van der Waals surface area contributed by atoms with E-state index in [-0.39, 0.29) is 9.57 Å². The van der Waals surface area contributed by atoms with E-state index in [2.05, 4.69) is 15.9 Å². The summed E-state index contributed by atoms with van der Waals surface area (Å²) in [4.78, 5) is 11.6. The normalized spacial score (nSPS) is 55.0. The third kappa shape index (κ3) is 1.10. The lowest BCUT2D eigenvalue weighted by molar-refractivity contribution is -0.122. The van der Waals surface area contributed by atoms with Crippen LogP contribution in [0, 0.1) is 23.7 Å². The maximum Gasteiger partial charge on any atom is 0.238 e. The zero-order chi connectivity index (χ0) is 9.92. The highest BCUT2D eigenvalue weighted by atomic mass is 79.9. The molecule has 14 heavy (non-hydrogen) atoms. The van der Waals surface area contributed by atoms with Crippen LogP contribution in [0.1, 0.15) is 32.1 Å². The second-order valence-electron chi connectivity index (χ2n) is 5.35. The molecule has 3 heteroatoms. The molecular weight excluding hydrogens is 263 g/mol. The van der Waals surface area contributed by atoms with Crippen LogP contribution >= 0.6 is 27.5 Å². The fraction of sp³-hybridized carbons (Fsp3) is 0.909. The molecule has 0 N–H and O–H groups in total. The first-order valence-electron chi connectivity index (χ1n) is 5.49. The van der Waals surface area contributed by atoms with Gasteiger partial charge in [0.05, 0.1) is 0 Å². The summed E-state index contributed by atoms with van der Waals surface area (Å²) in [5.74, 6) is 2.81. The van der Waals surface area contributed by atoms with E-state index < -0.39 is 0 Å². The molecule has 0 aliphatic heterocycles. The van der Waals surface area contributed by atoms with Crippen LogP contribution in [0.3, 0.4) is 0 Å². The minimum absolute atomic E-state index is 0.147. The first kappa shape index (κ1) is 9.65. The average molecular weight is 278 g/mol. The number of carbonyl (C=O) groups is 1. The highest BCUT2D eigenvalue weighted by Crippen LogP contribution is 2.61. The van der Waals surface area contributed by atoms with Crippen molar-refractivity contribution in [2.45, 2.75) is 36.4 Å². The van der Waals surface area contributed by atoms with E-state index in [0.717, 1.165) is 11.8 Å².